The molecule has 0 aliphatic heterocycles. The molecule has 1 amide bonds. The summed E-state index contributed by atoms with van der Waals surface area (Å²) in [6.45, 7) is 3.57. The minimum atomic E-state index is -0.218. The molecule has 0 fully saturated rings. The molecule has 2 rings (SSSR count). The van der Waals surface area contributed by atoms with Gasteiger partial charge in [0, 0.05) is 0 Å². The van der Waals surface area contributed by atoms with Crippen LogP contribution in [-0.4, -0.2) is 10.9 Å². The summed E-state index contributed by atoms with van der Waals surface area (Å²) >= 11 is 3.25. The fraction of sp³-hybridized carbons (Fsp3) is 0.167. The first-order valence-corrected chi connectivity index (χ1v) is 5.86. The van der Waals surface area contributed by atoms with Crippen molar-refractivity contribution in [2.75, 3.05) is 5.32 Å². The molecule has 0 aliphatic rings. The minimum Gasteiger partial charge on any atom is -0.466 e. The lowest BCUT2D eigenvalue weighted by molar-refractivity contribution is 0.102. The number of carbonyl (C=O) groups is 1. The Morgan fingerprint density at radius 2 is 2.18 bits per heavy atom. The predicted octanol–water partition coefficient (Wildman–Crippen LogP) is 3.31. The Morgan fingerprint density at radius 3 is 2.76 bits per heavy atom. The molecule has 17 heavy (non-hydrogen) atoms. The Morgan fingerprint density at radius 1 is 1.41 bits per heavy atom. The van der Waals surface area contributed by atoms with E-state index in [-0.39, 0.29) is 5.91 Å². The number of anilines is 1. The van der Waals surface area contributed by atoms with Crippen molar-refractivity contribution in [3.8, 4) is 0 Å². The number of nitrogens with one attached hydrogen (secondary N) is 1. The summed E-state index contributed by atoms with van der Waals surface area (Å²) in [6, 6.07) is 7.04. The van der Waals surface area contributed by atoms with Gasteiger partial charge in [-0.05, 0) is 48.0 Å². The van der Waals surface area contributed by atoms with Crippen molar-refractivity contribution in [3.05, 3.63) is 46.0 Å². The largest absolute Gasteiger partial charge is 0.466 e. The van der Waals surface area contributed by atoms with Gasteiger partial charge in [0.1, 0.15) is 21.9 Å². The van der Waals surface area contributed by atoms with Crippen molar-refractivity contribution in [2.24, 2.45) is 0 Å². The Hall–Kier alpha value is -1.62. The standard InChI is InChI=1S/C12H11BrN2O2/c1-7-6-9(8(2)17-7)12(16)15-11-5-3-4-10(13)14-11/h3-6H,1-2H3,(H,14,15,16). The summed E-state index contributed by atoms with van der Waals surface area (Å²) in [5, 5.41) is 2.71. The summed E-state index contributed by atoms with van der Waals surface area (Å²) in [6.07, 6.45) is 0. The van der Waals surface area contributed by atoms with Crippen LogP contribution in [0.15, 0.2) is 33.3 Å². The van der Waals surface area contributed by atoms with Crippen LogP contribution in [0.4, 0.5) is 5.82 Å². The van der Waals surface area contributed by atoms with Crippen molar-refractivity contribution in [1.29, 1.82) is 0 Å². The van der Waals surface area contributed by atoms with Crippen LogP contribution in [0, 0.1) is 13.8 Å². The van der Waals surface area contributed by atoms with Crippen LogP contribution in [0.25, 0.3) is 0 Å². The molecule has 88 valence electrons. The Labute approximate surface area is 107 Å². The molecule has 0 saturated carbocycles. The number of amides is 1. The summed E-state index contributed by atoms with van der Waals surface area (Å²) in [5.74, 6) is 1.61. The number of rotatable bonds is 2. The van der Waals surface area contributed by atoms with E-state index < -0.39 is 0 Å². The highest BCUT2D eigenvalue weighted by molar-refractivity contribution is 9.10. The monoisotopic (exact) mass is 294 g/mol. The van der Waals surface area contributed by atoms with Gasteiger partial charge in [0.25, 0.3) is 5.91 Å². The average molecular weight is 295 g/mol. The first-order valence-electron chi connectivity index (χ1n) is 5.07. The molecule has 0 bridgehead atoms. The summed E-state index contributed by atoms with van der Waals surface area (Å²) in [7, 11) is 0. The second-order valence-electron chi connectivity index (χ2n) is 3.63. The lowest BCUT2D eigenvalue weighted by atomic mass is 10.2. The SMILES string of the molecule is Cc1cc(C(=O)Nc2cccc(Br)n2)c(C)o1. The maximum Gasteiger partial charge on any atom is 0.260 e. The molecule has 2 aromatic heterocycles. The molecule has 0 aliphatic carbocycles. The van der Waals surface area contributed by atoms with Gasteiger partial charge < -0.3 is 9.73 Å². The van der Waals surface area contributed by atoms with Crippen LogP contribution >= 0.6 is 15.9 Å². The van der Waals surface area contributed by atoms with Crippen LogP contribution in [-0.2, 0) is 0 Å². The van der Waals surface area contributed by atoms with Crippen LogP contribution in [0.2, 0.25) is 0 Å². The molecule has 4 nitrogen and oxygen atoms in total. The van der Waals surface area contributed by atoms with E-state index in [0.29, 0.717) is 21.7 Å². The Kier molecular flexibility index (Phi) is 3.28. The molecule has 0 saturated heterocycles. The summed E-state index contributed by atoms with van der Waals surface area (Å²) in [5.41, 5.74) is 0.532. The highest BCUT2D eigenvalue weighted by Crippen LogP contribution is 2.16. The van der Waals surface area contributed by atoms with Gasteiger partial charge in [-0.2, -0.15) is 0 Å². The normalized spacial score (nSPS) is 10.3. The molecule has 0 radical (unpaired) electrons. The zero-order valence-electron chi connectivity index (χ0n) is 9.45. The molecule has 0 spiro atoms. The van der Waals surface area contributed by atoms with E-state index in [4.69, 9.17) is 4.42 Å². The highest BCUT2D eigenvalue weighted by Gasteiger charge is 2.13. The first-order chi connectivity index (χ1) is 8.06. The second kappa shape index (κ2) is 4.71. The van der Waals surface area contributed by atoms with E-state index in [1.165, 1.54) is 0 Å². The van der Waals surface area contributed by atoms with Gasteiger partial charge in [0.2, 0.25) is 0 Å². The maximum atomic E-state index is 11.9. The smallest absolute Gasteiger partial charge is 0.260 e. The van der Waals surface area contributed by atoms with Crippen LogP contribution in [0.3, 0.4) is 0 Å². The summed E-state index contributed by atoms with van der Waals surface area (Å²) < 4.78 is 5.98. The van der Waals surface area contributed by atoms with Gasteiger partial charge in [0.05, 0.1) is 5.56 Å². The quantitative estimate of drug-likeness (QED) is 0.865. The number of furan rings is 1. The average Bonchev–Trinajstić information content (AvgIpc) is 2.58. The van der Waals surface area contributed by atoms with E-state index in [0.717, 1.165) is 5.76 Å². The summed E-state index contributed by atoms with van der Waals surface area (Å²) in [4.78, 5) is 16.1. The highest BCUT2D eigenvalue weighted by atomic mass is 79.9. The number of carbonyl (C=O) groups excluding carboxylic acids is 1. The fourth-order valence-electron chi connectivity index (χ4n) is 1.52. The van der Waals surface area contributed by atoms with Crippen LogP contribution in [0.1, 0.15) is 21.9 Å². The van der Waals surface area contributed by atoms with Gasteiger partial charge in [0.15, 0.2) is 0 Å². The van der Waals surface area contributed by atoms with Crippen molar-refractivity contribution >= 4 is 27.7 Å². The minimum absolute atomic E-state index is 0.218. The zero-order valence-corrected chi connectivity index (χ0v) is 11.0. The van der Waals surface area contributed by atoms with Crippen molar-refractivity contribution in [3.63, 3.8) is 0 Å². The number of aromatic nitrogens is 1. The van der Waals surface area contributed by atoms with E-state index in [1.807, 2.05) is 0 Å². The van der Waals surface area contributed by atoms with Crippen LogP contribution in [0.5, 0.6) is 0 Å². The molecular formula is C12H11BrN2O2. The Bertz CT molecular complexity index is 563. The zero-order chi connectivity index (χ0) is 12.4. The molecule has 0 aromatic carbocycles. The topological polar surface area (TPSA) is 55.1 Å². The molecule has 5 heteroatoms. The van der Waals surface area contributed by atoms with Gasteiger partial charge in [-0.15, -0.1) is 0 Å². The molecular weight excluding hydrogens is 284 g/mol. The van der Waals surface area contributed by atoms with Crippen molar-refractivity contribution in [1.82, 2.24) is 4.98 Å². The van der Waals surface area contributed by atoms with Gasteiger partial charge in [-0.1, -0.05) is 6.07 Å². The number of pyridine rings is 1. The van der Waals surface area contributed by atoms with Gasteiger partial charge in [-0.3, -0.25) is 4.79 Å². The number of hydrogen-bond donors (Lipinski definition) is 1. The third kappa shape index (κ3) is 2.74. The second-order valence-corrected chi connectivity index (χ2v) is 4.44. The van der Waals surface area contributed by atoms with E-state index in [1.54, 1.807) is 38.1 Å². The van der Waals surface area contributed by atoms with Crippen molar-refractivity contribution in [2.45, 2.75) is 13.8 Å². The van der Waals surface area contributed by atoms with E-state index in [9.17, 15) is 4.79 Å². The van der Waals surface area contributed by atoms with Crippen molar-refractivity contribution < 1.29 is 9.21 Å². The molecule has 1 N–H and O–H groups in total. The Balaban J connectivity index is 2.20. The lowest BCUT2D eigenvalue weighted by Crippen LogP contribution is -2.13. The van der Waals surface area contributed by atoms with Gasteiger partial charge >= 0.3 is 0 Å². The van der Waals surface area contributed by atoms with Gasteiger partial charge in [-0.25, -0.2) is 4.98 Å². The molecule has 0 atom stereocenters. The van der Waals surface area contributed by atoms with E-state index in [2.05, 4.69) is 26.2 Å². The number of aryl methyl sites for hydroxylation is 2. The molecule has 0 unspecified atom stereocenters. The van der Waals surface area contributed by atoms with Crippen LogP contribution < -0.4 is 5.32 Å². The molecule has 2 heterocycles. The third-order valence-electron chi connectivity index (χ3n) is 2.24. The lowest BCUT2D eigenvalue weighted by Gasteiger charge is -2.03. The number of halogens is 1. The third-order valence-corrected chi connectivity index (χ3v) is 2.68. The fourth-order valence-corrected chi connectivity index (χ4v) is 1.86. The molecule has 2 aromatic rings. The first kappa shape index (κ1) is 11.9. The number of hydrogen-bond acceptors (Lipinski definition) is 3. The number of nitrogens with zero attached hydrogens (tertiary/aromatic N) is 1. The predicted molar refractivity (Wildman–Crippen MR) is 68.1 cm³/mol. The van der Waals surface area contributed by atoms with E-state index >= 15 is 0 Å². The maximum absolute atomic E-state index is 11.9.